The number of hydrogen-bond acceptors (Lipinski definition) is 8. The van der Waals surface area contributed by atoms with Crippen LogP contribution in [0.1, 0.15) is 46.4 Å². The van der Waals surface area contributed by atoms with Gasteiger partial charge in [-0.2, -0.15) is 0 Å². The SMILES string of the molecule is CCOc1cccc(C2/C(=C(\O)c3ccc(OC)cc3)C(=O)C(=O)N2c2nc(C)c(C(C)=O)s2)c1. The first-order valence-electron chi connectivity index (χ1n) is 10.9. The molecule has 9 heteroatoms. The molecular weight excluding hydrogens is 468 g/mol. The van der Waals surface area contributed by atoms with E-state index < -0.39 is 17.7 Å². The van der Waals surface area contributed by atoms with Crippen LogP contribution in [0.2, 0.25) is 0 Å². The number of thiazole rings is 1. The highest BCUT2D eigenvalue weighted by Crippen LogP contribution is 2.44. The van der Waals surface area contributed by atoms with Crippen LogP contribution < -0.4 is 14.4 Å². The van der Waals surface area contributed by atoms with E-state index in [0.717, 1.165) is 11.3 Å². The Morgan fingerprint density at radius 3 is 2.46 bits per heavy atom. The number of benzene rings is 2. The maximum absolute atomic E-state index is 13.3. The summed E-state index contributed by atoms with van der Waals surface area (Å²) in [7, 11) is 1.52. The number of amides is 1. The summed E-state index contributed by atoms with van der Waals surface area (Å²) in [5.41, 5.74) is 1.30. The average Bonchev–Trinajstić information content (AvgIpc) is 3.36. The number of aromatic nitrogens is 1. The molecule has 3 aromatic rings. The van der Waals surface area contributed by atoms with Crippen LogP contribution in [-0.2, 0) is 9.59 Å². The van der Waals surface area contributed by atoms with Gasteiger partial charge >= 0.3 is 5.91 Å². The van der Waals surface area contributed by atoms with Gasteiger partial charge in [0.15, 0.2) is 10.9 Å². The fourth-order valence-corrected chi connectivity index (χ4v) is 4.99. The van der Waals surface area contributed by atoms with E-state index in [1.807, 2.05) is 6.92 Å². The molecule has 35 heavy (non-hydrogen) atoms. The van der Waals surface area contributed by atoms with Crippen molar-refractivity contribution in [2.24, 2.45) is 0 Å². The smallest absolute Gasteiger partial charge is 0.301 e. The summed E-state index contributed by atoms with van der Waals surface area (Å²) in [6.45, 7) is 5.38. The molecule has 0 radical (unpaired) electrons. The van der Waals surface area contributed by atoms with Gasteiger partial charge in [0.1, 0.15) is 17.3 Å². The number of rotatable bonds is 7. The molecule has 2 aromatic carbocycles. The van der Waals surface area contributed by atoms with Crippen LogP contribution in [0.4, 0.5) is 5.13 Å². The van der Waals surface area contributed by atoms with Gasteiger partial charge in [-0.1, -0.05) is 23.5 Å². The molecule has 1 aromatic heterocycles. The van der Waals surface area contributed by atoms with E-state index >= 15 is 0 Å². The molecule has 1 fully saturated rings. The predicted octanol–water partition coefficient (Wildman–Crippen LogP) is 4.69. The van der Waals surface area contributed by atoms with Crippen LogP contribution in [0.25, 0.3) is 5.76 Å². The number of methoxy groups -OCH3 is 1. The third-order valence-electron chi connectivity index (χ3n) is 5.60. The Balaban J connectivity index is 1.93. The highest BCUT2D eigenvalue weighted by molar-refractivity contribution is 7.18. The van der Waals surface area contributed by atoms with Crippen LogP contribution in [0.3, 0.4) is 0 Å². The second-order valence-corrected chi connectivity index (χ2v) is 8.85. The average molecular weight is 493 g/mol. The summed E-state index contributed by atoms with van der Waals surface area (Å²) in [5.74, 6) is -1.05. The quantitative estimate of drug-likeness (QED) is 0.221. The third-order valence-corrected chi connectivity index (χ3v) is 6.86. The van der Waals surface area contributed by atoms with Crippen molar-refractivity contribution in [1.82, 2.24) is 4.98 Å². The molecule has 1 unspecified atom stereocenters. The van der Waals surface area contributed by atoms with Gasteiger partial charge in [-0.05, 0) is 55.8 Å². The molecule has 0 bridgehead atoms. The van der Waals surface area contributed by atoms with Crippen LogP contribution in [0.5, 0.6) is 11.5 Å². The largest absolute Gasteiger partial charge is 0.507 e. The summed E-state index contributed by atoms with van der Waals surface area (Å²) >= 11 is 1.04. The number of nitrogens with zero attached hydrogens (tertiary/aromatic N) is 2. The van der Waals surface area contributed by atoms with Crippen molar-refractivity contribution in [3.8, 4) is 11.5 Å². The molecule has 2 heterocycles. The summed E-state index contributed by atoms with van der Waals surface area (Å²) in [5, 5.41) is 11.4. The molecule has 180 valence electrons. The monoisotopic (exact) mass is 492 g/mol. The Morgan fingerprint density at radius 1 is 1.14 bits per heavy atom. The predicted molar refractivity (Wildman–Crippen MR) is 132 cm³/mol. The van der Waals surface area contributed by atoms with Crippen molar-refractivity contribution in [3.63, 3.8) is 0 Å². The maximum atomic E-state index is 13.3. The van der Waals surface area contributed by atoms with Crippen molar-refractivity contribution in [2.45, 2.75) is 26.8 Å². The first-order valence-corrected chi connectivity index (χ1v) is 11.7. The van der Waals surface area contributed by atoms with Gasteiger partial charge in [0.05, 0.1) is 35.9 Å². The van der Waals surface area contributed by atoms with E-state index in [-0.39, 0.29) is 22.2 Å². The Labute approximate surface area is 206 Å². The lowest BCUT2D eigenvalue weighted by Gasteiger charge is -2.23. The minimum absolute atomic E-state index is 0.0777. The summed E-state index contributed by atoms with van der Waals surface area (Å²) < 4.78 is 10.8. The van der Waals surface area contributed by atoms with Gasteiger partial charge in [0, 0.05) is 12.5 Å². The number of carbonyl (C=O) groups is 3. The van der Waals surface area contributed by atoms with Crippen LogP contribution >= 0.6 is 11.3 Å². The second-order valence-electron chi connectivity index (χ2n) is 7.87. The van der Waals surface area contributed by atoms with Gasteiger partial charge in [-0.15, -0.1) is 0 Å². The van der Waals surface area contributed by atoms with E-state index in [2.05, 4.69) is 4.98 Å². The molecular formula is C26H24N2O6S. The molecule has 1 aliphatic heterocycles. The molecule has 0 aliphatic carbocycles. The number of Topliss-reactive ketones (excluding diaryl/α,β-unsaturated/α-hetero) is 2. The summed E-state index contributed by atoms with van der Waals surface area (Å²) in [6.07, 6.45) is 0. The zero-order valence-electron chi connectivity index (χ0n) is 19.7. The lowest BCUT2D eigenvalue weighted by Crippen LogP contribution is -2.29. The van der Waals surface area contributed by atoms with Gasteiger partial charge < -0.3 is 14.6 Å². The third kappa shape index (κ3) is 4.42. The fourth-order valence-electron chi connectivity index (χ4n) is 4.00. The lowest BCUT2D eigenvalue weighted by molar-refractivity contribution is -0.132. The number of aliphatic hydroxyl groups is 1. The molecule has 0 spiro atoms. The molecule has 1 N–H and O–H groups in total. The zero-order valence-corrected chi connectivity index (χ0v) is 20.5. The second kappa shape index (κ2) is 9.71. The topological polar surface area (TPSA) is 106 Å². The van der Waals surface area contributed by atoms with E-state index in [9.17, 15) is 19.5 Å². The Hall–Kier alpha value is -3.98. The Kier molecular flexibility index (Phi) is 6.70. The maximum Gasteiger partial charge on any atom is 0.301 e. The number of aliphatic hydroxyl groups excluding tert-OH is 1. The lowest BCUT2D eigenvalue weighted by atomic mass is 9.95. The molecule has 1 saturated heterocycles. The first kappa shape index (κ1) is 24.2. The Bertz CT molecular complexity index is 1340. The van der Waals surface area contributed by atoms with Gasteiger partial charge in [0.25, 0.3) is 5.78 Å². The summed E-state index contributed by atoms with van der Waals surface area (Å²) in [4.78, 5) is 44.7. The zero-order chi connectivity index (χ0) is 25.3. The number of aryl methyl sites for hydroxylation is 1. The van der Waals surface area contributed by atoms with E-state index in [1.165, 1.54) is 18.9 Å². The highest BCUT2D eigenvalue weighted by Gasteiger charge is 2.48. The van der Waals surface area contributed by atoms with E-state index in [0.29, 0.717) is 39.8 Å². The van der Waals surface area contributed by atoms with Crippen molar-refractivity contribution >= 4 is 39.7 Å². The molecule has 0 saturated carbocycles. The Morgan fingerprint density at radius 2 is 1.86 bits per heavy atom. The number of carbonyl (C=O) groups excluding carboxylic acids is 3. The van der Waals surface area contributed by atoms with E-state index in [4.69, 9.17) is 9.47 Å². The molecule has 1 aliphatic rings. The van der Waals surface area contributed by atoms with Crippen LogP contribution in [0, 0.1) is 6.92 Å². The van der Waals surface area contributed by atoms with Crippen molar-refractivity contribution in [2.75, 3.05) is 18.6 Å². The minimum atomic E-state index is -0.970. The number of ketones is 2. The van der Waals surface area contributed by atoms with Crippen LogP contribution in [0.15, 0.2) is 54.1 Å². The number of hydrogen-bond donors (Lipinski definition) is 1. The van der Waals surface area contributed by atoms with Gasteiger partial charge in [0.2, 0.25) is 0 Å². The van der Waals surface area contributed by atoms with Crippen molar-refractivity contribution in [3.05, 3.63) is 75.8 Å². The van der Waals surface area contributed by atoms with E-state index in [1.54, 1.807) is 55.5 Å². The molecule has 8 nitrogen and oxygen atoms in total. The van der Waals surface area contributed by atoms with Gasteiger partial charge in [-0.25, -0.2) is 4.98 Å². The van der Waals surface area contributed by atoms with Crippen LogP contribution in [-0.4, -0.2) is 41.3 Å². The fraction of sp³-hybridized carbons (Fsp3) is 0.231. The van der Waals surface area contributed by atoms with Gasteiger partial charge in [-0.3, -0.25) is 19.3 Å². The first-order chi connectivity index (χ1) is 16.8. The molecule has 1 atom stereocenters. The number of ether oxygens (including phenoxy) is 2. The summed E-state index contributed by atoms with van der Waals surface area (Å²) in [6, 6.07) is 12.5. The molecule has 1 amide bonds. The molecule has 4 rings (SSSR count). The highest BCUT2D eigenvalue weighted by atomic mass is 32.1. The minimum Gasteiger partial charge on any atom is -0.507 e. The normalized spacial score (nSPS) is 17.0. The van der Waals surface area contributed by atoms with Crippen molar-refractivity contribution in [1.29, 1.82) is 0 Å². The number of anilines is 1. The standard InChI is InChI=1S/C26H24N2O6S/c1-5-34-19-8-6-7-17(13-19)21-20(22(30)16-9-11-18(33-4)12-10-16)23(31)25(32)28(21)26-27-14(2)24(35-26)15(3)29/h6-13,21,30H,5H2,1-4H3/b22-20+. The van der Waals surface area contributed by atoms with Crippen molar-refractivity contribution < 1.29 is 29.0 Å².